The quantitative estimate of drug-likeness (QED) is 0.322. The first kappa shape index (κ1) is 24.3. The molecule has 2 bridgehead atoms. The van der Waals surface area contributed by atoms with E-state index in [4.69, 9.17) is 0 Å². The molecule has 1 aliphatic carbocycles. The second-order valence-corrected chi connectivity index (χ2v) is 11.4. The van der Waals surface area contributed by atoms with Crippen molar-refractivity contribution in [1.82, 2.24) is 25.5 Å². The van der Waals surface area contributed by atoms with Crippen LogP contribution >= 0.6 is 0 Å². The van der Waals surface area contributed by atoms with Crippen LogP contribution in [0.3, 0.4) is 0 Å². The van der Waals surface area contributed by atoms with Gasteiger partial charge in [0.2, 0.25) is 0 Å². The van der Waals surface area contributed by atoms with Gasteiger partial charge in [-0.3, -0.25) is 9.89 Å². The van der Waals surface area contributed by atoms with Gasteiger partial charge in [0.15, 0.2) is 5.82 Å². The van der Waals surface area contributed by atoms with E-state index in [9.17, 15) is 9.90 Å². The smallest absolute Gasteiger partial charge is 0.251 e. The van der Waals surface area contributed by atoms with Crippen LogP contribution in [0, 0.1) is 5.92 Å². The summed E-state index contributed by atoms with van der Waals surface area (Å²) in [5.74, 6) is 0.910. The molecule has 3 N–H and O–H groups in total. The lowest BCUT2D eigenvalue weighted by Crippen LogP contribution is -2.44. The summed E-state index contributed by atoms with van der Waals surface area (Å²) in [6.45, 7) is 0. The Bertz CT molecular complexity index is 1450. The van der Waals surface area contributed by atoms with E-state index in [1.165, 1.54) is 18.5 Å². The molecule has 39 heavy (non-hydrogen) atoms. The molecule has 4 aromatic rings. The minimum absolute atomic E-state index is 0.119. The molecule has 4 atom stereocenters. The first-order valence-corrected chi connectivity index (χ1v) is 14.3. The maximum atomic E-state index is 13.5. The third kappa shape index (κ3) is 4.56. The topological polar surface area (TPSA) is 107 Å². The van der Waals surface area contributed by atoms with Gasteiger partial charge < -0.3 is 15.3 Å². The maximum Gasteiger partial charge on any atom is 0.251 e. The number of aromatic amines is 1. The fourth-order valence-corrected chi connectivity index (χ4v) is 7.12. The number of hydrogen-bond donors (Lipinski definition) is 3. The Morgan fingerprint density at radius 1 is 0.974 bits per heavy atom. The van der Waals surface area contributed by atoms with Gasteiger partial charge in [-0.15, -0.1) is 0 Å². The molecule has 2 unspecified atom stereocenters. The van der Waals surface area contributed by atoms with Crippen LogP contribution in [0.15, 0.2) is 60.9 Å². The highest BCUT2D eigenvalue weighted by Gasteiger charge is 2.40. The predicted octanol–water partition coefficient (Wildman–Crippen LogP) is 5.17. The van der Waals surface area contributed by atoms with E-state index in [0.29, 0.717) is 29.4 Å². The lowest BCUT2D eigenvalue weighted by molar-refractivity contribution is 0.0919. The second-order valence-electron chi connectivity index (χ2n) is 11.4. The van der Waals surface area contributed by atoms with Gasteiger partial charge in [0, 0.05) is 46.7 Å². The lowest BCUT2D eigenvalue weighted by Gasteiger charge is -2.39. The Morgan fingerprint density at radius 3 is 2.41 bits per heavy atom. The van der Waals surface area contributed by atoms with E-state index >= 15 is 0 Å². The van der Waals surface area contributed by atoms with Crippen molar-refractivity contribution in [3.8, 4) is 11.3 Å². The summed E-state index contributed by atoms with van der Waals surface area (Å²) in [5, 5.41) is 22.1. The van der Waals surface area contributed by atoms with Crippen molar-refractivity contribution >= 4 is 22.5 Å². The molecule has 7 rings (SSSR count). The van der Waals surface area contributed by atoms with Crippen molar-refractivity contribution in [2.24, 2.45) is 5.92 Å². The molecular weight excluding hydrogens is 488 g/mol. The van der Waals surface area contributed by atoms with Gasteiger partial charge in [-0.2, -0.15) is 5.10 Å². The fraction of sp³-hybridized carbons (Fsp3) is 0.419. The van der Waals surface area contributed by atoms with Crippen LogP contribution in [0.2, 0.25) is 0 Å². The number of carbonyl (C=O) groups is 1. The number of anilines is 1. The fourth-order valence-electron chi connectivity index (χ4n) is 7.12. The van der Waals surface area contributed by atoms with E-state index in [2.05, 4.69) is 54.6 Å². The molecular formula is C31H34N6O2. The van der Waals surface area contributed by atoms with Crippen LogP contribution < -0.4 is 10.2 Å². The number of piperidine rings is 1. The average Bonchev–Trinajstić information content (AvgIpc) is 3.70. The van der Waals surface area contributed by atoms with Crippen molar-refractivity contribution < 1.29 is 9.90 Å². The van der Waals surface area contributed by atoms with Gasteiger partial charge in [0.25, 0.3) is 5.91 Å². The minimum Gasteiger partial charge on any atom is -0.393 e. The van der Waals surface area contributed by atoms with E-state index in [0.717, 1.165) is 60.7 Å². The molecule has 2 saturated heterocycles. The lowest BCUT2D eigenvalue weighted by atomic mass is 9.96. The number of nitrogens with zero attached hydrogens (tertiary/aromatic N) is 4. The Balaban J connectivity index is 1.14. The second kappa shape index (κ2) is 10.1. The third-order valence-electron chi connectivity index (χ3n) is 8.99. The number of fused-ring (bicyclic) bond motifs is 3. The van der Waals surface area contributed by atoms with Gasteiger partial charge in [0.1, 0.15) is 0 Å². The molecule has 8 heteroatoms. The van der Waals surface area contributed by atoms with Gasteiger partial charge in [-0.05, 0) is 80.8 Å². The van der Waals surface area contributed by atoms with Crippen LogP contribution in [0.25, 0.3) is 22.2 Å². The maximum absolute atomic E-state index is 13.5. The largest absolute Gasteiger partial charge is 0.393 e. The van der Waals surface area contributed by atoms with Crippen molar-refractivity contribution in [3.05, 3.63) is 72.3 Å². The molecule has 1 amide bonds. The first-order valence-electron chi connectivity index (χ1n) is 14.3. The highest BCUT2D eigenvalue weighted by molar-refractivity contribution is 6.01. The molecule has 0 spiro atoms. The number of aliphatic hydroxyl groups excluding tert-OH is 1. The molecule has 8 nitrogen and oxygen atoms in total. The summed E-state index contributed by atoms with van der Waals surface area (Å²) >= 11 is 0. The minimum atomic E-state index is -0.195. The van der Waals surface area contributed by atoms with Crippen LogP contribution in [-0.2, 0) is 0 Å². The predicted molar refractivity (Wildman–Crippen MR) is 150 cm³/mol. The van der Waals surface area contributed by atoms with Crippen molar-refractivity contribution in [2.75, 3.05) is 4.90 Å². The Labute approximate surface area is 227 Å². The molecule has 3 fully saturated rings. The van der Waals surface area contributed by atoms with Crippen LogP contribution in [0.5, 0.6) is 0 Å². The number of carbonyl (C=O) groups excluding carboxylic acids is 1. The summed E-state index contributed by atoms with van der Waals surface area (Å²) in [4.78, 5) is 24.9. The van der Waals surface area contributed by atoms with E-state index in [1.54, 1.807) is 18.5 Å². The highest BCUT2D eigenvalue weighted by atomic mass is 16.3. The van der Waals surface area contributed by atoms with Crippen molar-refractivity contribution in [1.29, 1.82) is 0 Å². The summed E-state index contributed by atoms with van der Waals surface area (Å²) < 4.78 is 0. The van der Waals surface area contributed by atoms with Gasteiger partial charge in [-0.25, -0.2) is 9.97 Å². The van der Waals surface area contributed by atoms with Gasteiger partial charge >= 0.3 is 0 Å². The van der Waals surface area contributed by atoms with Crippen LogP contribution in [0.1, 0.15) is 73.6 Å². The molecule has 200 valence electrons. The number of nitrogens with one attached hydrogen (secondary N) is 2. The van der Waals surface area contributed by atoms with Crippen molar-refractivity contribution in [2.45, 2.75) is 75.6 Å². The summed E-state index contributed by atoms with van der Waals surface area (Å²) in [7, 11) is 0. The number of rotatable bonds is 6. The number of aromatic nitrogens is 4. The molecule has 2 aromatic carbocycles. The Kier molecular flexibility index (Phi) is 6.27. The highest BCUT2D eigenvalue weighted by Crippen LogP contribution is 2.40. The number of benzene rings is 2. The Morgan fingerprint density at radius 2 is 1.69 bits per heavy atom. The molecule has 2 aromatic heterocycles. The number of amides is 1. The molecule has 1 saturated carbocycles. The number of hydrogen-bond acceptors (Lipinski definition) is 6. The molecule has 4 heterocycles. The summed E-state index contributed by atoms with van der Waals surface area (Å²) in [6.07, 6.45) is 11.8. The average molecular weight is 523 g/mol. The number of H-pyrrole nitrogens is 1. The zero-order valence-electron chi connectivity index (χ0n) is 22.0. The SMILES string of the molecule is O=C(NC(c1ncccn1)C1CCCC1)c1ccc2[nH]nc(-c3ccc(N4[C@@H]5CC[C@H]4CC(O)C5)cc3)c2c1. The molecule has 2 aliphatic heterocycles. The normalized spacial score (nSPS) is 23.8. The zero-order chi connectivity index (χ0) is 26.3. The number of aliphatic hydroxyl groups is 1. The van der Waals surface area contributed by atoms with Crippen LogP contribution in [0.4, 0.5) is 5.69 Å². The monoisotopic (exact) mass is 522 g/mol. The van der Waals surface area contributed by atoms with E-state index < -0.39 is 0 Å². The Hall–Kier alpha value is -3.78. The standard InChI is InChI=1S/C31H34N6O2/c38-25-17-23-11-12-24(18-25)37(23)22-9-6-20(7-10-22)28-26-16-21(8-13-27(26)35-36-28)31(39)34-29(19-4-1-2-5-19)30-32-14-3-15-33-30/h3,6-10,13-16,19,23-25,29,38H,1-2,4-5,11-12,17-18H2,(H,34,39)(H,35,36)/t23-,24+,25?,29?. The first-order chi connectivity index (χ1) is 19.1. The zero-order valence-corrected chi connectivity index (χ0v) is 22.0. The van der Waals surface area contributed by atoms with Crippen LogP contribution in [-0.4, -0.2) is 49.4 Å². The summed E-state index contributed by atoms with van der Waals surface area (Å²) in [6, 6.07) is 16.7. The van der Waals surface area contributed by atoms with Crippen molar-refractivity contribution in [3.63, 3.8) is 0 Å². The van der Waals surface area contributed by atoms with E-state index in [-0.39, 0.29) is 18.1 Å². The van der Waals surface area contributed by atoms with Gasteiger partial charge in [0.05, 0.1) is 23.4 Å². The van der Waals surface area contributed by atoms with Gasteiger partial charge in [-0.1, -0.05) is 25.0 Å². The molecule has 0 radical (unpaired) electrons. The summed E-state index contributed by atoms with van der Waals surface area (Å²) in [5.41, 5.74) is 4.55. The third-order valence-corrected chi connectivity index (χ3v) is 8.99. The van der Waals surface area contributed by atoms with E-state index in [1.807, 2.05) is 18.2 Å². The molecule has 3 aliphatic rings.